The molecule has 39 heavy (non-hydrogen) atoms. The van der Waals surface area contributed by atoms with E-state index in [1.165, 1.54) is 38.5 Å². The van der Waals surface area contributed by atoms with Crippen LogP contribution >= 0.6 is 0 Å². The van der Waals surface area contributed by atoms with Crippen molar-refractivity contribution >= 4 is 23.6 Å². The predicted molar refractivity (Wildman–Crippen MR) is 157 cm³/mol. The lowest BCUT2D eigenvalue weighted by Crippen LogP contribution is -2.56. The normalized spacial score (nSPS) is 23.5. The highest BCUT2D eigenvalue weighted by Crippen LogP contribution is 2.22. The molecule has 6 N–H and O–H groups in total. The van der Waals surface area contributed by atoms with Crippen LogP contribution in [0, 0.1) is 11.3 Å². The molecule has 1 fully saturated rings. The van der Waals surface area contributed by atoms with Crippen molar-refractivity contribution in [2.24, 2.45) is 17.1 Å². The Morgan fingerprint density at radius 1 is 0.718 bits per heavy atom. The molecular formula is C30H57N5O4. The van der Waals surface area contributed by atoms with Crippen molar-refractivity contribution in [2.45, 2.75) is 143 Å². The van der Waals surface area contributed by atoms with Crippen LogP contribution < -0.4 is 27.0 Å². The highest BCUT2D eigenvalue weighted by atomic mass is 16.2. The quantitative estimate of drug-likeness (QED) is 0.197. The summed E-state index contributed by atoms with van der Waals surface area (Å²) in [6.45, 7) is 10.3. The zero-order valence-electron chi connectivity index (χ0n) is 25.3. The van der Waals surface area contributed by atoms with E-state index in [0.717, 1.165) is 25.7 Å². The monoisotopic (exact) mass is 551 g/mol. The van der Waals surface area contributed by atoms with Crippen LogP contribution in [-0.2, 0) is 19.2 Å². The number of nitrogens with one attached hydrogen (secondary N) is 4. The lowest BCUT2D eigenvalue weighted by molar-refractivity contribution is -0.132. The summed E-state index contributed by atoms with van der Waals surface area (Å²) >= 11 is 0. The van der Waals surface area contributed by atoms with Crippen LogP contribution in [0.4, 0.5) is 0 Å². The molecule has 0 aromatic rings. The maximum Gasteiger partial charge on any atom is 0.243 e. The van der Waals surface area contributed by atoms with Crippen molar-refractivity contribution in [3.05, 3.63) is 0 Å². The van der Waals surface area contributed by atoms with Crippen molar-refractivity contribution in [1.29, 1.82) is 0 Å². The van der Waals surface area contributed by atoms with Crippen LogP contribution in [0.5, 0.6) is 0 Å². The average Bonchev–Trinajstić information content (AvgIpc) is 2.87. The van der Waals surface area contributed by atoms with Gasteiger partial charge in [0.2, 0.25) is 23.6 Å². The first-order valence-electron chi connectivity index (χ1n) is 15.4. The molecule has 1 heterocycles. The van der Waals surface area contributed by atoms with Crippen molar-refractivity contribution in [2.75, 3.05) is 13.1 Å². The molecule has 9 nitrogen and oxygen atoms in total. The van der Waals surface area contributed by atoms with Crippen LogP contribution in [0.1, 0.15) is 125 Å². The second-order valence-corrected chi connectivity index (χ2v) is 12.5. The summed E-state index contributed by atoms with van der Waals surface area (Å²) in [7, 11) is 0. The lowest BCUT2D eigenvalue weighted by atomic mass is 9.87. The molecule has 0 aromatic carbocycles. The minimum atomic E-state index is -0.799. The molecule has 0 spiro atoms. The van der Waals surface area contributed by atoms with Gasteiger partial charge in [-0.1, -0.05) is 92.4 Å². The standard InChI is InChI=1S/C30H57N5O4/c1-6-7-8-9-10-11-12-13-14-17-23-22(2)27(37)32-21-26(36)33-24(18-15-16-19-31)28(38)35-25(29(39)34-23)20-30(3,4)5/h22-25H,6-21,31H2,1-5H3,(H,32,37)(H,33,36)(H,34,39)(H,35,38)/t22-,23-,24+,25+/m1/s1. The van der Waals surface area contributed by atoms with Gasteiger partial charge in [-0.25, -0.2) is 0 Å². The maximum atomic E-state index is 13.5. The Labute approximate surface area is 237 Å². The van der Waals surface area contributed by atoms with Gasteiger partial charge in [0, 0.05) is 6.04 Å². The van der Waals surface area contributed by atoms with E-state index in [9.17, 15) is 19.2 Å². The van der Waals surface area contributed by atoms with E-state index in [2.05, 4.69) is 28.2 Å². The van der Waals surface area contributed by atoms with E-state index >= 15 is 0 Å². The van der Waals surface area contributed by atoms with Gasteiger partial charge in [0.25, 0.3) is 0 Å². The van der Waals surface area contributed by atoms with Gasteiger partial charge < -0.3 is 27.0 Å². The number of hydrogen-bond acceptors (Lipinski definition) is 5. The lowest BCUT2D eigenvalue weighted by Gasteiger charge is -2.30. The Kier molecular flexibility index (Phi) is 17.0. The van der Waals surface area contributed by atoms with Crippen molar-refractivity contribution in [1.82, 2.24) is 21.3 Å². The van der Waals surface area contributed by atoms with Gasteiger partial charge >= 0.3 is 0 Å². The van der Waals surface area contributed by atoms with E-state index in [-0.39, 0.29) is 35.7 Å². The number of rotatable bonds is 15. The molecule has 0 radical (unpaired) electrons. The van der Waals surface area contributed by atoms with Gasteiger partial charge in [0.15, 0.2) is 0 Å². The first-order valence-corrected chi connectivity index (χ1v) is 15.4. The Bertz CT molecular complexity index is 752. The number of amides is 4. The number of unbranched alkanes of at least 4 members (excludes halogenated alkanes) is 9. The summed E-state index contributed by atoms with van der Waals surface area (Å²) in [6.07, 6.45) is 13.6. The van der Waals surface area contributed by atoms with Crippen LogP contribution in [0.3, 0.4) is 0 Å². The van der Waals surface area contributed by atoms with Crippen molar-refractivity contribution in [3.63, 3.8) is 0 Å². The fourth-order valence-electron chi connectivity index (χ4n) is 5.02. The molecule has 0 saturated carbocycles. The number of nitrogens with two attached hydrogens (primary N) is 1. The Balaban J connectivity index is 2.97. The zero-order valence-corrected chi connectivity index (χ0v) is 25.3. The molecule has 9 heteroatoms. The Morgan fingerprint density at radius 2 is 1.28 bits per heavy atom. The SMILES string of the molecule is CCCCCCCCCCC[C@H]1NC(=O)[C@H](CC(C)(C)C)NC(=O)[C@H](CCCCN)NC(=O)CNC(=O)[C@@H]1C. The van der Waals surface area contributed by atoms with Crippen molar-refractivity contribution < 1.29 is 19.2 Å². The molecule has 0 unspecified atom stereocenters. The van der Waals surface area contributed by atoms with E-state index in [0.29, 0.717) is 32.2 Å². The molecular weight excluding hydrogens is 494 g/mol. The molecule has 0 aliphatic carbocycles. The van der Waals surface area contributed by atoms with Crippen LogP contribution in [0.25, 0.3) is 0 Å². The molecule has 0 bridgehead atoms. The summed E-state index contributed by atoms with van der Waals surface area (Å²) in [6, 6.07) is -1.95. The summed E-state index contributed by atoms with van der Waals surface area (Å²) < 4.78 is 0. The van der Waals surface area contributed by atoms with E-state index in [1.807, 2.05) is 20.8 Å². The maximum absolute atomic E-state index is 13.5. The number of carbonyl (C=O) groups is 4. The second-order valence-electron chi connectivity index (χ2n) is 12.5. The highest BCUT2D eigenvalue weighted by Gasteiger charge is 2.33. The third kappa shape index (κ3) is 15.3. The van der Waals surface area contributed by atoms with Gasteiger partial charge in [0.1, 0.15) is 12.1 Å². The third-order valence-corrected chi connectivity index (χ3v) is 7.43. The molecule has 226 valence electrons. The molecule has 1 saturated heterocycles. The molecule has 1 aliphatic rings. The summed E-state index contributed by atoms with van der Waals surface area (Å²) in [5, 5.41) is 11.4. The predicted octanol–water partition coefficient (Wildman–Crippen LogP) is 3.69. The fraction of sp³-hybridized carbons (Fsp3) is 0.867. The van der Waals surface area contributed by atoms with Gasteiger partial charge in [-0.3, -0.25) is 19.2 Å². The Morgan fingerprint density at radius 3 is 1.87 bits per heavy atom. The molecule has 1 rings (SSSR count). The van der Waals surface area contributed by atoms with Gasteiger partial charge in [-0.05, 0) is 44.1 Å². The largest absolute Gasteiger partial charge is 0.351 e. The van der Waals surface area contributed by atoms with Gasteiger partial charge in [0.05, 0.1) is 12.5 Å². The third-order valence-electron chi connectivity index (χ3n) is 7.43. The average molecular weight is 552 g/mol. The second kappa shape index (κ2) is 19.0. The molecule has 0 aromatic heterocycles. The van der Waals surface area contributed by atoms with E-state index in [4.69, 9.17) is 5.73 Å². The molecule has 4 atom stereocenters. The molecule has 4 amide bonds. The zero-order chi connectivity index (χ0) is 29.3. The summed E-state index contributed by atoms with van der Waals surface area (Å²) in [5.74, 6) is -1.89. The first-order chi connectivity index (χ1) is 18.5. The summed E-state index contributed by atoms with van der Waals surface area (Å²) in [4.78, 5) is 52.4. The Hall–Kier alpha value is -2.16. The number of hydrogen-bond donors (Lipinski definition) is 5. The van der Waals surface area contributed by atoms with Gasteiger partial charge in [-0.15, -0.1) is 0 Å². The van der Waals surface area contributed by atoms with E-state index in [1.54, 1.807) is 6.92 Å². The topological polar surface area (TPSA) is 142 Å². The minimum absolute atomic E-state index is 0.214. The fourth-order valence-corrected chi connectivity index (χ4v) is 5.02. The summed E-state index contributed by atoms with van der Waals surface area (Å²) in [5.41, 5.74) is 5.38. The van der Waals surface area contributed by atoms with E-state index < -0.39 is 23.9 Å². The van der Waals surface area contributed by atoms with Gasteiger partial charge in [-0.2, -0.15) is 0 Å². The van der Waals surface area contributed by atoms with Crippen molar-refractivity contribution in [3.8, 4) is 0 Å². The smallest absolute Gasteiger partial charge is 0.243 e. The van der Waals surface area contributed by atoms with Crippen LogP contribution in [0.15, 0.2) is 0 Å². The molecule has 1 aliphatic heterocycles. The number of carbonyl (C=O) groups excluding carboxylic acids is 4. The minimum Gasteiger partial charge on any atom is -0.351 e. The highest BCUT2D eigenvalue weighted by molar-refractivity contribution is 5.94. The van der Waals surface area contributed by atoms with Crippen LogP contribution in [0.2, 0.25) is 0 Å². The first kappa shape index (κ1) is 34.9. The van der Waals surface area contributed by atoms with Crippen LogP contribution in [-0.4, -0.2) is 54.8 Å².